The third-order valence-electron chi connectivity index (χ3n) is 5.57. The summed E-state index contributed by atoms with van der Waals surface area (Å²) in [5.41, 5.74) is 0. The van der Waals surface area contributed by atoms with Crippen molar-refractivity contribution in [3.8, 4) is 0 Å². The summed E-state index contributed by atoms with van der Waals surface area (Å²) in [6.45, 7) is 12.5. The Hall–Kier alpha value is -0.170. The van der Waals surface area contributed by atoms with Crippen LogP contribution in [-0.2, 0) is 14.6 Å². The lowest BCUT2D eigenvalue weighted by atomic mass is 10.0. The summed E-state index contributed by atoms with van der Waals surface area (Å²) in [5, 5.41) is 0. The van der Waals surface area contributed by atoms with Crippen molar-refractivity contribution in [1.82, 2.24) is 4.90 Å². The average Bonchev–Trinajstić information content (AvgIpc) is 2.71. The lowest BCUT2D eigenvalue weighted by Gasteiger charge is -2.13. The molecule has 0 aromatic carbocycles. The van der Waals surface area contributed by atoms with E-state index in [1.807, 2.05) is 0 Å². The molecule has 0 aliphatic rings. The third-order valence-corrected chi connectivity index (χ3v) is 6.04. The summed E-state index contributed by atoms with van der Waals surface area (Å²) in [6.07, 6.45) is 20.5. The molecule has 0 heterocycles. The van der Waals surface area contributed by atoms with E-state index in [2.05, 4.69) is 36.8 Å². The molecule has 0 atom stereocenters. The second kappa shape index (κ2) is 25.1. The first-order valence-electron chi connectivity index (χ1n) is 12.7. The van der Waals surface area contributed by atoms with Crippen molar-refractivity contribution < 1.29 is 17.2 Å². The maximum absolute atomic E-state index is 10.3. The van der Waals surface area contributed by atoms with Crippen LogP contribution in [0.15, 0.2) is 0 Å². The normalized spacial score (nSPS) is 11.5. The van der Waals surface area contributed by atoms with Crippen LogP contribution in [-0.4, -0.2) is 44.1 Å². The number of hydrogen-bond donors (Lipinski definition) is 1. The summed E-state index contributed by atoms with van der Waals surface area (Å²) in [7, 11) is -4.24. The van der Waals surface area contributed by atoms with Crippen molar-refractivity contribution in [3.05, 3.63) is 0 Å². The van der Waals surface area contributed by atoms with Gasteiger partial charge in [-0.1, -0.05) is 124 Å². The van der Waals surface area contributed by atoms with Crippen LogP contribution in [0.2, 0.25) is 0 Å². The predicted octanol–water partition coefficient (Wildman–Crippen LogP) is 7.42. The molecule has 0 radical (unpaired) electrons. The molecule has 0 unspecified atom stereocenters. The maximum atomic E-state index is 10.3. The van der Waals surface area contributed by atoms with E-state index >= 15 is 0 Å². The van der Waals surface area contributed by atoms with Crippen molar-refractivity contribution in [3.63, 3.8) is 0 Å². The highest BCUT2D eigenvalue weighted by molar-refractivity contribution is 7.80. The first kappa shape index (κ1) is 32.0. The Morgan fingerprint density at radius 3 is 1.10 bits per heavy atom. The largest absolute Gasteiger partial charge is 0.397 e. The molecule has 0 saturated carbocycles. The van der Waals surface area contributed by atoms with Crippen molar-refractivity contribution in [2.45, 2.75) is 130 Å². The van der Waals surface area contributed by atoms with Crippen LogP contribution in [0, 0.1) is 0 Å². The van der Waals surface area contributed by atoms with Crippen LogP contribution in [0.1, 0.15) is 130 Å². The third kappa shape index (κ3) is 30.0. The highest BCUT2D eigenvalue weighted by Crippen LogP contribution is 2.13. The number of rotatable bonds is 21. The average molecular weight is 452 g/mol. The van der Waals surface area contributed by atoms with Gasteiger partial charge in [-0.25, -0.2) is 4.18 Å². The Bertz CT molecular complexity index is 406. The van der Waals surface area contributed by atoms with Gasteiger partial charge in [0.2, 0.25) is 0 Å². The summed E-state index contributed by atoms with van der Waals surface area (Å²) >= 11 is 0. The fourth-order valence-corrected chi connectivity index (χ4v) is 3.81. The zero-order valence-electron chi connectivity index (χ0n) is 20.7. The molecule has 0 bridgehead atoms. The van der Waals surface area contributed by atoms with Gasteiger partial charge in [-0.15, -0.1) is 0 Å². The molecule has 30 heavy (non-hydrogen) atoms. The standard InChI is InChI=1S/C18H38O4S.C6H15N/c1-2-3-4-5-6-7-8-9-10-11-12-13-14-15-16-17-18-22-23(19,20)21;1-4-7(5-2)6-3/h2-18H2,1H3,(H,19,20,21);4-6H2,1-3H3. The highest BCUT2D eigenvalue weighted by Gasteiger charge is 2.02. The second-order valence-corrected chi connectivity index (χ2v) is 9.26. The Morgan fingerprint density at radius 1 is 0.567 bits per heavy atom. The van der Waals surface area contributed by atoms with Gasteiger partial charge in [0.15, 0.2) is 0 Å². The molecule has 0 spiro atoms. The van der Waals surface area contributed by atoms with E-state index < -0.39 is 10.4 Å². The lowest BCUT2D eigenvalue weighted by Crippen LogP contribution is -2.21. The smallest absolute Gasteiger partial charge is 0.304 e. The van der Waals surface area contributed by atoms with Crippen LogP contribution < -0.4 is 0 Å². The minimum Gasteiger partial charge on any atom is -0.304 e. The van der Waals surface area contributed by atoms with E-state index in [0.29, 0.717) is 6.42 Å². The van der Waals surface area contributed by atoms with Crippen LogP contribution >= 0.6 is 0 Å². The van der Waals surface area contributed by atoms with E-state index in [4.69, 9.17) is 4.55 Å². The fraction of sp³-hybridized carbons (Fsp3) is 1.00. The van der Waals surface area contributed by atoms with Gasteiger partial charge in [0, 0.05) is 0 Å². The predicted molar refractivity (Wildman–Crippen MR) is 131 cm³/mol. The Labute approximate surface area is 189 Å². The molecule has 0 aromatic heterocycles. The minimum absolute atomic E-state index is 0.0945. The van der Waals surface area contributed by atoms with Gasteiger partial charge in [0.25, 0.3) is 0 Å². The first-order chi connectivity index (χ1) is 14.4. The van der Waals surface area contributed by atoms with Crippen LogP contribution in [0.3, 0.4) is 0 Å². The van der Waals surface area contributed by atoms with Gasteiger partial charge in [0.1, 0.15) is 0 Å². The summed E-state index contributed by atoms with van der Waals surface area (Å²) in [4.78, 5) is 2.38. The van der Waals surface area contributed by atoms with E-state index in [0.717, 1.165) is 12.8 Å². The van der Waals surface area contributed by atoms with Crippen LogP contribution in [0.4, 0.5) is 0 Å². The van der Waals surface area contributed by atoms with E-state index in [1.165, 1.54) is 103 Å². The van der Waals surface area contributed by atoms with E-state index in [9.17, 15) is 8.42 Å². The lowest BCUT2D eigenvalue weighted by molar-refractivity contribution is 0.261. The molecule has 0 amide bonds. The van der Waals surface area contributed by atoms with Gasteiger partial charge in [0.05, 0.1) is 6.61 Å². The first-order valence-corrected chi connectivity index (χ1v) is 14.1. The van der Waals surface area contributed by atoms with Crippen molar-refractivity contribution in [2.24, 2.45) is 0 Å². The molecule has 0 aromatic rings. The Balaban J connectivity index is 0. The molecule has 6 heteroatoms. The molecular weight excluding hydrogens is 398 g/mol. The molecular formula is C24H53NO4S. The van der Waals surface area contributed by atoms with E-state index in [-0.39, 0.29) is 6.61 Å². The van der Waals surface area contributed by atoms with Crippen molar-refractivity contribution in [2.75, 3.05) is 26.2 Å². The zero-order valence-corrected chi connectivity index (χ0v) is 21.5. The van der Waals surface area contributed by atoms with Crippen molar-refractivity contribution in [1.29, 1.82) is 0 Å². The van der Waals surface area contributed by atoms with Crippen LogP contribution in [0.25, 0.3) is 0 Å². The van der Waals surface area contributed by atoms with Gasteiger partial charge in [-0.05, 0) is 26.1 Å². The number of nitrogens with zero attached hydrogens (tertiary/aromatic N) is 1. The Kier molecular flexibility index (Phi) is 26.8. The molecule has 184 valence electrons. The molecule has 1 N–H and O–H groups in total. The highest BCUT2D eigenvalue weighted by atomic mass is 32.3. The molecule has 0 fully saturated rings. The molecule has 0 aliphatic heterocycles. The fourth-order valence-electron chi connectivity index (χ4n) is 3.49. The summed E-state index contributed by atoms with van der Waals surface area (Å²) < 4.78 is 33.3. The van der Waals surface area contributed by atoms with Crippen LogP contribution in [0.5, 0.6) is 0 Å². The van der Waals surface area contributed by atoms with Gasteiger partial charge in [-0.2, -0.15) is 8.42 Å². The zero-order chi connectivity index (χ0) is 22.9. The summed E-state index contributed by atoms with van der Waals surface area (Å²) in [6, 6.07) is 0. The van der Waals surface area contributed by atoms with Gasteiger partial charge < -0.3 is 4.90 Å². The topological polar surface area (TPSA) is 66.8 Å². The maximum Gasteiger partial charge on any atom is 0.397 e. The number of hydrogen-bond acceptors (Lipinski definition) is 4. The second-order valence-electron chi connectivity index (χ2n) is 8.17. The monoisotopic (exact) mass is 451 g/mol. The van der Waals surface area contributed by atoms with Gasteiger partial charge in [-0.3, -0.25) is 4.55 Å². The molecule has 0 aliphatic carbocycles. The minimum atomic E-state index is -4.24. The Morgan fingerprint density at radius 2 is 0.867 bits per heavy atom. The van der Waals surface area contributed by atoms with Crippen molar-refractivity contribution >= 4 is 10.4 Å². The summed E-state index contributed by atoms with van der Waals surface area (Å²) in [5.74, 6) is 0. The molecule has 0 saturated heterocycles. The van der Waals surface area contributed by atoms with Gasteiger partial charge >= 0.3 is 10.4 Å². The molecule has 5 nitrogen and oxygen atoms in total. The SMILES string of the molecule is CCCCCCCCCCCCCCCCCCOS(=O)(=O)O.CCN(CC)CC. The number of unbranched alkanes of at least 4 members (excludes halogenated alkanes) is 15. The molecule has 0 rings (SSSR count). The van der Waals surface area contributed by atoms with E-state index in [1.54, 1.807) is 0 Å². The quantitative estimate of drug-likeness (QED) is 0.145.